The van der Waals surface area contributed by atoms with E-state index in [-0.39, 0.29) is 48.2 Å². The van der Waals surface area contributed by atoms with Crippen molar-refractivity contribution in [3.05, 3.63) is 53.6 Å². The molecule has 0 radical (unpaired) electrons. The fraction of sp³-hybridized carbons (Fsp3) is 0.462. The Morgan fingerprint density at radius 3 is 2.67 bits per heavy atom. The van der Waals surface area contributed by atoms with Crippen LogP contribution in [-0.4, -0.2) is 52.5 Å². The molecule has 1 amide bonds. The molecule has 174 valence electrons. The van der Waals surface area contributed by atoms with Crippen LogP contribution in [0.2, 0.25) is 0 Å². The van der Waals surface area contributed by atoms with Crippen molar-refractivity contribution in [1.82, 2.24) is 4.90 Å². The summed E-state index contributed by atoms with van der Waals surface area (Å²) in [5.41, 5.74) is 1.78. The van der Waals surface area contributed by atoms with Gasteiger partial charge in [0.05, 0.1) is 18.8 Å². The number of anilines is 1. The first kappa shape index (κ1) is 21.9. The Bertz CT molecular complexity index is 1080. The van der Waals surface area contributed by atoms with Crippen LogP contribution in [0.5, 0.6) is 11.5 Å². The van der Waals surface area contributed by atoms with Gasteiger partial charge >= 0.3 is 0 Å². The number of Topliss-reactive ketones (excluding diaryl/α,β-unsaturated/α-hetero) is 1. The number of nitrogens with zero attached hydrogens (tertiary/aromatic N) is 1. The lowest BCUT2D eigenvalue weighted by molar-refractivity contribution is -0.162. The molecule has 3 aliphatic heterocycles. The van der Waals surface area contributed by atoms with Gasteiger partial charge in [0.2, 0.25) is 5.91 Å². The predicted octanol–water partition coefficient (Wildman–Crippen LogP) is 3.93. The smallest absolute Gasteiger partial charge is 0.238 e. The van der Waals surface area contributed by atoms with Gasteiger partial charge in [0, 0.05) is 35.3 Å². The summed E-state index contributed by atoms with van der Waals surface area (Å²) in [6, 6.07) is 12.3. The van der Waals surface area contributed by atoms with E-state index in [2.05, 4.69) is 24.1 Å². The van der Waals surface area contributed by atoms with Crippen molar-refractivity contribution >= 4 is 17.4 Å². The van der Waals surface area contributed by atoms with Crippen LogP contribution in [0.15, 0.2) is 42.5 Å². The molecule has 0 saturated carbocycles. The summed E-state index contributed by atoms with van der Waals surface area (Å²) in [5.74, 6) is 1.00. The number of aromatic hydroxyl groups is 1. The molecule has 2 aromatic carbocycles. The highest BCUT2D eigenvalue weighted by molar-refractivity contribution is 5.96. The fourth-order valence-electron chi connectivity index (χ4n) is 5.53. The number of phenols is 1. The van der Waals surface area contributed by atoms with Gasteiger partial charge in [-0.3, -0.25) is 14.5 Å². The zero-order valence-electron chi connectivity index (χ0n) is 19.2. The molecule has 2 fully saturated rings. The van der Waals surface area contributed by atoms with Gasteiger partial charge in [-0.05, 0) is 76.1 Å². The molecular formula is C26H30N2O5. The number of likely N-dealkylation sites (tertiary alicyclic amines) is 1. The van der Waals surface area contributed by atoms with Crippen LogP contribution >= 0.6 is 0 Å². The van der Waals surface area contributed by atoms with Crippen LogP contribution in [0, 0.1) is 5.92 Å². The molecule has 5 rings (SSSR count). The average Bonchev–Trinajstić information content (AvgIpc) is 3.15. The van der Waals surface area contributed by atoms with Crippen molar-refractivity contribution in [2.45, 2.75) is 57.5 Å². The Morgan fingerprint density at radius 1 is 1.18 bits per heavy atom. The quantitative estimate of drug-likeness (QED) is 0.687. The van der Waals surface area contributed by atoms with E-state index in [1.54, 1.807) is 36.4 Å². The van der Waals surface area contributed by atoms with Gasteiger partial charge in [0.15, 0.2) is 5.78 Å². The van der Waals surface area contributed by atoms with E-state index >= 15 is 0 Å². The van der Waals surface area contributed by atoms with E-state index in [0.717, 1.165) is 30.7 Å². The Labute approximate surface area is 193 Å². The second kappa shape index (κ2) is 8.15. The number of fused-ring (bicyclic) bond motifs is 4. The molecule has 2 N–H and O–H groups in total. The van der Waals surface area contributed by atoms with Crippen LogP contribution in [0.4, 0.5) is 5.69 Å². The Kier molecular flexibility index (Phi) is 5.41. The lowest BCUT2D eigenvalue weighted by atomic mass is 9.74. The van der Waals surface area contributed by atoms with Crippen LogP contribution in [0.1, 0.15) is 55.6 Å². The maximum Gasteiger partial charge on any atom is 0.238 e. The highest BCUT2D eigenvalue weighted by atomic mass is 16.5. The van der Waals surface area contributed by atoms with E-state index in [1.807, 2.05) is 6.07 Å². The number of ether oxygens (including phenoxy) is 2. The molecule has 0 unspecified atom stereocenters. The van der Waals surface area contributed by atoms with Gasteiger partial charge in [-0.25, -0.2) is 0 Å². The van der Waals surface area contributed by atoms with Gasteiger partial charge in [0.25, 0.3) is 0 Å². The number of carbonyl (C=O) groups excluding carboxylic acids is 2. The largest absolute Gasteiger partial charge is 0.508 e. The van der Waals surface area contributed by atoms with Crippen molar-refractivity contribution in [3.8, 4) is 11.5 Å². The average molecular weight is 451 g/mol. The summed E-state index contributed by atoms with van der Waals surface area (Å²) in [6.07, 6.45) is 1.63. The molecule has 3 aliphatic rings. The maximum atomic E-state index is 12.8. The molecule has 2 aromatic rings. The maximum absolute atomic E-state index is 12.8. The van der Waals surface area contributed by atoms with Crippen LogP contribution < -0.4 is 10.1 Å². The van der Waals surface area contributed by atoms with E-state index in [1.165, 1.54) is 6.92 Å². The number of hydrogen-bond donors (Lipinski definition) is 2. The Morgan fingerprint density at radius 2 is 1.94 bits per heavy atom. The SMILES string of the molecule is CC(=O)c1ccc(NC(=O)CN2CC[C@H]3O[C@H]4c5cc(O)ccc5OC(C)(C)[C@@H]4C[C@@H]32)cc1. The van der Waals surface area contributed by atoms with Crippen LogP contribution in [0.25, 0.3) is 0 Å². The van der Waals surface area contributed by atoms with E-state index in [9.17, 15) is 14.7 Å². The third kappa shape index (κ3) is 4.11. The molecule has 2 saturated heterocycles. The van der Waals surface area contributed by atoms with Crippen molar-refractivity contribution < 1.29 is 24.2 Å². The highest BCUT2D eigenvalue weighted by Gasteiger charge is 2.53. The van der Waals surface area contributed by atoms with Gasteiger partial charge in [-0.1, -0.05) is 0 Å². The summed E-state index contributed by atoms with van der Waals surface area (Å²) >= 11 is 0. The van der Waals surface area contributed by atoms with Gasteiger partial charge in [-0.15, -0.1) is 0 Å². The van der Waals surface area contributed by atoms with E-state index < -0.39 is 5.60 Å². The number of phenolic OH excluding ortho intramolecular Hbond substituents is 1. The second-order valence-corrected chi connectivity index (χ2v) is 9.87. The van der Waals surface area contributed by atoms with E-state index in [0.29, 0.717) is 11.3 Å². The number of ketones is 1. The minimum Gasteiger partial charge on any atom is -0.508 e. The van der Waals surface area contributed by atoms with Gasteiger partial charge in [-0.2, -0.15) is 0 Å². The summed E-state index contributed by atoms with van der Waals surface area (Å²) in [4.78, 5) is 26.4. The minimum atomic E-state index is -0.422. The van der Waals surface area contributed by atoms with Crippen molar-refractivity contribution in [2.24, 2.45) is 5.92 Å². The summed E-state index contributed by atoms with van der Waals surface area (Å²) in [5, 5.41) is 13.0. The molecule has 0 aromatic heterocycles. The lowest BCUT2D eigenvalue weighted by Crippen LogP contribution is -2.54. The zero-order valence-corrected chi connectivity index (χ0v) is 19.2. The summed E-state index contributed by atoms with van der Waals surface area (Å²) in [7, 11) is 0. The number of carbonyl (C=O) groups is 2. The van der Waals surface area contributed by atoms with E-state index in [4.69, 9.17) is 9.47 Å². The monoisotopic (exact) mass is 450 g/mol. The van der Waals surface area contributed by atoms with Crippen molar-refractivity contribution in [1.29, 1.82) is 0 Å². The molecule has 7 heteroatoms. The van der Waals surface area contributed by atoms with Crippen molar-refractivity contribution in [3.63, 3.8) is 0 Å². The predicted molar refractivity (Wildman–Crippen MR) is 124 cm³/mol. The minimum absolute atomic E-state index is 0.000889. The van der Waals surface area contributed by atoms with Gasteiger partial charge in [0.1, 0.15) is 17.1 Å². The molecule has 3 heterocycles. The standard InChI is InChI=1S/C26H30N2O5/c1-15(29)16-4-6-17(7-5-16)27-24(31)14-28-11-10-23-21(28)13-20-25(32-23)19-12-18(30)8-9-22(19)33-26(20,2)3/h4-9,12,20-21,23,25,30H,10-11,13-14H2,1-3H3,(H,27,31)/t20-,21+,23-,25+/m1/s1. The Hall–Kier alpha value is -2.90. The molecule has 0 spiro atoms. The van der Waals surface area contributed by atoms with Crippen LogP contribution in [-0.2, 0) is 9.53 Å². The highest BCUT2D eigenvalue weighted by Crippen LogP contribution is 2.53. The van der Waals surface area contributed by atoms with Crippen molar-refractivity contribution in [2.75, 3.05) is 18.4 Å². The zero-order chi connectivity index (χ0) is 23.3. The molecule has 0 bridgehead atoms. The number of nitrogens with one attached hydrogen (secondary N) is 1. The lowest BCUT2D eigenvalue weighted by Gasteiger charge is -2.50. The first-order valence-electron chi connectivity index (χ1n) is 11.5. The first-order chi connectivity index (χ1) is 15.7. The molecule has 33 heavy (non-hydrogen) atoms. The molecule has 7 nitrogen and oxygen atoms in total. The number of rotatable bonds is 4. The third-order valence-corrected chi connectivity index (χ3v) is 7.27. The van der Waals surface area contributed by atoms with Crippen LogP contribution in [0.3, 0.4) is 0 Å². The topological polar surface area (TPSA) is 88.1 Å². The van der Waals surface area contributed by atoms with Gasteiger partial charge < -0.3 is 19.9 Å². The second-order valence-electron chi connectivity index (χ2n) is 9.87. The third-order valence-electron chi connectivity index (χ3n) is 7.27. The number of amides is 1. The molecule has 4 atom stereocenters. The fourth-order valence-corrected chi connectivity index (χ4v) is 5.53. The Balaban J connectivity index is 1.28. The number of hydrogen-bond acceptors (Lipinski definition) is 6. The molecular weight excluding hydrogens is 420 g/mol. The summed E-state index contributed by atoms with van der Waals surface area (Å²) in [6.45, 7) is 6.77. The number of benzene rings is 2. The first-order valence-corrected chi connectivity index (χ1v) is 11.5. The molecule has 0 aliphatic carbocycles. The summed E-state index contributed by atoms with van der Waals surface area (Å²) < 4.78 is 12.9. The normalized spacial score (nSPS) is 27.6.